The topological polar surface area (TPSA) is 77.0 Å². The first-order valence-electron chi connectivity index (χ1n) is 5.34. The highest BCUT2D eigenvalue weighted by atomic mass is 35.5. The van der Waals surface area contributed by atoms with Crippen LogP contribution in [0.25, 0.3) is 0 Å². The third-order valence-corrected chi connectivity index (χ3v) is 2.54. The van der Waals surface area contributed by atoms with Gasteiger partial charge < -0.3 is 10.1 Å². The van der Waals surface area contributed by atoms with Gasteiger partial charge in [-0.15, -0.1) is 10.2 Å². The van der Waals surface area contributed by atoms with E-state index in [4.69, 9.17) is 27.9 Å². The van der Waals surface area contributed by atoms with Gasteiger partial charge in [-0.25, -0.2) is 4.79 Å². The molecule has 8 heteroatoms. The van der Waals surface area contributed by atoms with Crippen molar-refractivity contribution in [3.05, 3.63) is 10.4 Å². The molecule has 1 aromatic rings. The largest absolute Gasteiger partial charge is 0.467 e. The second-order valence-corrected chi connectivity index (χ2v) is 4.77. The molecule has 0 aliphatic carbocycles. The summed E-state index contributed by atoms with van der Waals surface area (Å²) in [5.41, 5.74) is 0. The molecule has 0 spiro atoms. The number of methoxy groups -OCH3 is 1. The van der Waals surface area contributed by atoms with Crippen LogP contribution in [-0.4, -0.2) is 34.3 Å². The van der Waals surface area contributed by atoms with Gasteiger partial charge in [0, 0.05) is 0 Å². The predicted octanol–water partition coefficient (Wildman–Crippen LogP) is 2.18. The minimum Gasteiger partial charge on any atom is -0.467 e. The minimum absolute atomic E-state index is 0.0462. The fraction of sp³-hybridized carbons (Fsp3) is 0.600. The number of halogens is 2. The maximum atomic E-state index is 11.6. The molecule has 1 unspecified atom stereocenters. The minimum atomic E-state index is -0.555. The molecular formula is C10H14Cl2N4O2. The van der Waals surface area contributed by atoms with Gasteiger partial charge in [-0.05, 0) is 23.9 Å². The first-order valence-corrected chi connectivity index (χ1v) is 6.09. The van der Waals surface area contributed by atoms with Crippen molar-refractivity contribution in [2.24, 2.45) is 5.92 Å². The van der Waals surface area contributed by atoms with Crippen LogP contribution < -0.4 is 5.32 Å². The van der Waals surface area contributed by atoms with Crippen LogP contribution in [0.3, 0.4) is 0 Å². The molecule has 0 amide bonds. The van der Waals surface area contributed by atoms with Gasteiger partial charge in [0.2, 0.25) is 5.28 Å². The number of ether oxygens (including phenoxy) is 1. The van der Waals surface area contributed by atoms with E-state index in [1.165, 1.54) is 7.11 Å². The third kappa shape index (κ3) is 4.27. The fourth-order valence-corrected chi connectivity index (χ4v) is 1.63. The van der Waals surface area contributed by atoms with Crippen molar-refractivity contribution < 1.29 is 9.53 Å². The summed E-state index contributed by atoms with van der Waals surface area (Å²) in [6, 6.07) is -0.555. The second-order valence-electron chi connectivity index (χ2n) is 4.07. The molecule has 0 aromatic carbocycles. The highest BCUT2D eigenvalue weighted by Crippen LogP contribution is 2.19. The van der Waals surface area contributed by atoms with Crippen LogP contribution in [0.1, 0.15) is 20.3 Å². The van der Waals surface area contributed by atoms with Gasteiger partial charge in [0.05, 0.1) is 7.11 Å². The van der Waals surface area contributed by atoms with Gasteiger partial charge in [-0.1, -0.05) is 25.4 Å². The summed E-state index contributed by atoms with van der Waals surface area (Å²) in [6.07, 6.45) is 0.574. The molecule has 0 aliphatic heterocycles. The second kappa shape index (κ2) is 6.70. The Balaban J connectivity index is 2.88. The highest BCUT2D eigenvalue weighted by molar-refractivity contribution is 6.32. The maximum absolute atomic E-state index is 11.6. The Morgan fingerprint density at radius 1 is 1.39 bits per heavy atom. The Morgan fingerprint density at radius 3 is 2.61 bits per heavy atom. The van der Waals surface area contributed by atoms with Gasteiger partial charge in [0.25, 0.3) is 0 Å². The molecule has 0 radical (unpaired) electrons. The zero-order chi connectivity index (χ0) is 13.7. The lowest BCUT2D eigenvalue weighted by atomic mass is 10.0. The molecular weight excluding hydrogens is 279 g/mol. The number of hydrogen-bond acceptors (Lipinski definition) is 6. The van der Waals surface area contributed by atoms with Crippen molar-refractivity contribution in [3.8, 4) is 0 Å². The molecule has 0 aliphatic rings. The Kier molecular flexibility index (Phi) is 5.55. The summed E-state index contributed by atoms with van der Waals surface area (Å²) in [6.45, 7) is 3.98. The number of aromatic nitrogens is 3. The van der Waals surface area contributed by atoms with E-state index < -0.39 is 12.0 Å². The van der Waals surface area contributed by atoms with E-state index in [1.807, 2.05) is 13.8 Å². The van der Waals surface area contributed by atoms with Crippen molar-refractivity contribution in [3.63, 3.8) is 0 Å². The number of carbonyl (C=O) groups is 1. The fourth-order valence-electron chi connectivity index (χ4n) is 1.38. The molecule has 6 nitrogen and oxygen atoms in total. The quantitative estimate of drug-likeness (QED) is 0.838. The maximum Gasteiger partial charge on any atom is 0.328 e. The number of hydrogen-bond donors (Lipinski definition) is 1. The van der Waals surface area contributed by atoms with Crippen LogP contribution in [0.2, 0.25) is 10.4 Å². The van der Waals surface area contributed by atoms with E-state index in [2.05, 4.69) is 20.5 Å². The highest BCUT2D eigenvalue weighted by Gasteiger charge is 2.22. The normalized spacial score (nSPS) is 12.3. The van der Waals surface area contributed by atoms with Crippen LogP contribution in [0.5, 0.6) is 0 Å². The van der Waals surface area contributed by atoms with E-state index >= 15 is 0 Å². The van der Waals surface area contributed by atoms with Crippen molar-refractivity contribution in [1.29, 1.82) is 0 Å². The lowest BCUT2D eigenvalue weighted by Crippen LogP contribution is -2.32. The number of esters is 1. The number of nitrogens with one attached hydrogen (secondary N) is 1. The number of rotatable bonds is 5. The molecule has 18 heavy (non-hydrogen) atoms. The SMILES string of the molecule is COC(=O)C(CC(C)C)Nc1nc(Cl)nnc1Cl. The zero-order valence-corrected chi connectivity index (χ0v) is 11.8. The lowest BCUT2D eigenvalue weighted by molar-refractivity contribution is -0.141. The number of anilines is 1. The summed E-state index contributed by atoms with van der Waals surface area (Å²) < 4.78 is 4.71. The summed E-state index contributed by atoms with van der Waals surface area (Å²) in [7, 11) is 1.32. The summed E-state index contributed by atoms with van der Waals surface area (Å²) >= 11 is 11.4. The molecule has 1 N–H and O–H groups in total. The van der Waals surface area contributed by atoms with Crippen LogP contribution in [0.4, 0.5) is 5.82 Å². The summed E-state index contributed by atoms with van der Waals surface area (Å²) in [5, 5.41) is 9.96. The molecule has 1 heterocycles. The molecule has 1 rings (SSSR count). The van der Waals surface area contributed by atoms with Crippen LogP contribution in [0.15, 0.2) is 0 Å². The molecule has 0 saturated carbocycles. The molecule has 1 atom stereocenters. The Labute approximate surface area is 115 Å². The Bertz CT molecular complexity index is 428. The van der Waals surface area contributed by atoms with Crippen LogP contribution >= 0.6 is 23.2 Å². The number of nitrogens with zero attached hydrogens (tertiary/aromatic N) is 3. The van der Waals surface area contributed by atoms with Crippen LogP contribution in [0, 0.1) is 5.92 Å². The molecule has 100 valence electrons. The van der Waals surface area contributed by atoms with Gasteiger partial charge in [-0.3, -0.25) is 0 Å². The third-order valence-electron chi connectivity index (χ3n) is 2.12. The Morgan fingerprint density at radius 2 is 2.06 bits per heavy atom. The predicted molar refractivity (Wildman–Crippen MR) is 68.7 cm³/mol. The molecule has 0 fully saturated rings. The smallest absolute Gasteiger partial charge is 0.328 e. The number of carbonyl (C=O) groups excluding carboxylic acids is 1. The summed E-state index contributed by atoms with van der Waals surface area (Å²) in [5.74, 6) is 0.118. The van der Waals surface area contributed by atoms with E-state index in [0.717, 1.165) is 0 Å². The first-order chi connectivity index (χ1) is 8.43. The van der Waals surface area contributed by atoms with Crippen molar-refractivity contribution >= 4 is 35.0 Å². The molecule has 1 aromatic heterocycles. The monoisotopic (exact) mass is 292 g/mol. The average Bonchev–Trinajstić information content (AvgIpc) is 2.31. The van der Waals surface area contributed by atoms with Gasteiger partial charge in [-0.2, -0.15) is 4.98 Å². The van der Waals surface area contributed by atoms with Gasteiger partial charge >= 0.3 is 5.97 Å². The van der Waals surface area contributed by atoms with E-state index in [0.29, 0.717) is 12.3 Å². The van der Waals surface area contributed by atoms with Crippen molar-refractivity contribution in [1.82, 2.24) is 15.2 Å². The van der Waals surface area contributed by atoms with Gasteiger partial charge in [0.15, 0.2) is 11.0 Å². The van der Waals surface area contributed by atoms with Gasteiger partial charge in [0.1, 0.15) is 6.04 Å². The standard InChI is InChI=1S/C10H14Cl2N4O2/c1-5(2)4-6(9(17)18-3)13-8-7(11)15-16-10(12)14-8/h5-6H,4H2,1-3H3,(H,13,14,16). The average molecular weight is 293 g/mol. The van der Waals surface area contributed by atoms with E-state index in [-0.39, 0.29) is 16.3 Å². The van der Waals surface area contributed by atoms with Crippen LogP contribution in [-0.2, 0) is 9.53 Å². The summed E-state index contributed by atoms with van der Waals surface area (Å²) in [4.78, 5) is 15.5. The molecule has 0 saturated heterocycles. The molecule has 0 bridgehead atoms. The van der Waals surface area contributed by atoms with E-state index in [9.17, 15) is 4.79 Å². The lowest BCUT2D eigenvalue weighted by Gasteiger charge is -2.18. The zero-order valence-electron chi connectivity index (χ0n) is 10.3. The van der Waals surface area contributed by atoms with E-state index in [1.54, 1.807) is 0 Å². The van der Waals surface area contributed by atoms with Crippen molar-refractivity contribution in [2.45, 2.75) is 26.3 Å². The van der Waals surface area contributed by atoms with Crippen molar-refractivity contribution in [2.75, 3.05) is 12.4 Å². The first kappa shape index (κ1) is 14.9. The Hall–Kier alpha value is -1.14.